The van der Waals surface area contributed by atoms with E-state index < -0.39 is 0 Å². The first kappa shape index (κ1) is 28.5. The lowest BCUT2D eigenvalue weighted by molar-refractivity contribution is -0.120. The summed E-state index contributed by atoms with van der Waals surface area (Å²) < 4.78 is 17.3. The summed E-state index contributed by atoms with van der Waals surface area (Å²) >= 11 is 14.3. The average Bonchev–Trinajstić information content (AvgIpc) is 2.88. The molecule has 0 radical (unpaired) electrons. The zero-order valence-electron chi connectivity index (χ0n) is 20.0. The number of halogens is 3. The molecule has 2 amide bonds. The summed E-state index contributed by atoms with van der Waals surface area (Å²) in [4.78, 5) is 24.2. The Morgan fingerprint density at radius 3 is 2.46 bits per heavy atom. The maximum atomic E-state index is 12.2. The second-order valence-corrected chi connectivity index (χ2v) is 9.59. The van der Waals surface area contributed by atoms with Crippen LogP contribution in [-0.2, 0) is 11.4 Å². The molecule has 0 atom stereocenters. The van der Waals surface area contributed by atoms with Gasteiger partial charge in [-0.1, -0.05) is 29.3 Å². The number of hydrazone groups is 1. The van der Waals surface area contributed by atoms with Crippen LogP contribution in [0.1, 0.15) is 27.9 Å². The maximum absolute atomic E-state index is 12.2. The lowest BCUT2D eigenvalue weighted by Crippen LogP contribution is -2.29. The molecular weight excluding hydrogens is 632 g/mol. The molecule has 0 heterocycles. The first-order valence-corrected chi connectivity index (χ1v) is 12.8. The number of carbonyl (C=O) groups excluding carboxylic acids is 2. The van der Waals surface area contributed by atoms with Gasteiger partial charge in [-0.3, -0.25) is 9.59 Å². The number of amides is 2. The topological polar surface area (TPSA) is 98.2 Å². The van der Waals surface area contributed by atoms with Crippen molar-refractivity contribution in [1.82, 2.24) is 10.7 Å². The van der Waals surface area contributed by atoms with Crippen LogP contribution < -0.4 is 25.0 Å². The van der Waals surface area contributed by atoms with E-state index in [-0.39, 0.29) is 31.4 Å². The number of nitrogens with zero attached hydrogens (tertiary/aromatic N) is 1. The summed E-state index contributed by atoms with van der Waals surface area (Å²) in [5.41, 5.74) is 4.42. The Hall–Kier alpha value is -3.02. The number of methoxy groups -OCH3 is 2. The molecule has 2 N–H and O–H groups in total. The van der Waals surface area contributed by atoms with Crippen LogP contribution in [-0.4, -0.2) is 38.8 Å². The minimum Gasteiger partial charge on any atom is -0.497 e. The van der Waals surface area contributed by atoms with Crippen LogP contribution in [0.25, 0.3) is 0 Å². The lowest BCUT2D eigenvalue weighted by atomic mass is 10.2. The van der Waals surface area contributed by atoms with Crippen LogP contribution in [0.2, 0.25) is 10.0 Å². The molecule has 0 aliphatic heterocycles. The quantitative estimate of drug-likeness (QED) is 0.162. The fraction of sp³-hybridized carbons (Fsp3) is 0.192. The van der Waals surface area contributed by atoms with Crippen molar-refractivity contribution < 1.29 is 23.8 Å². The number of ether oxygens (including phenoxy) is 3. The fourth-order valence-electron chi connectivity index (χ4n) is 3.11. The highest BCUT2D eigenvalue weighted by molar-refractivity contribution is 14.1. The molecule has 3 aromatic rings. The second-order valence-electron chi connectivity index (χ2n) is 7.59. The monoisotopic (exact) mass is 655 g/mol. The molecule has 0 saturated carbocycles. The standard InChI is InChI=1S/C26H24Cl2IN3O5/c1-35-20-7-4-17(5-8-20)26(34)30-10-9-24(33)32-31-14-16-11-22(29)25(23(12-16)36-2)37-15-18-3-6-19(27)13-21(18)28/h3-8,11-14H,9-10,15H2,1-2H3,(H,30,34)(H,32,33). The number of rotatable bonds is 11. The molecule has 37 heavy (non-hydrogen) atoms. The largest absolute Gasteiger partial charge is 0.497 e. The SMILES string of the molecule is COc1ccc(C(=O)NCCC(=O)NN=Cc2cc(I)c(OCc3ccc(Cl)cc3Cl)c(OC)c2)cc1. The van der Waals surface area contributed by atoms with E-state index in [1.165, 1.54) is 13.3 Å². The Balaban J connectivity index is 1.51. The van der Waals surface area contributed by atoms with Gasteiger partial charge >= 0.3 is 0 Å². The van der Waals surface area contributed by atoms with E-state index in [0.29, 0.717) is 38.4 Å². The van der Waals surface area contributed by atoms with Gasteiger partial charge in [-0.05, 0) is 76.7 Å². The summed E-state index contributed by atoms with van der Waals surface area (Å²) in [6.07, 6.45) is 1.57. The van der Waals surface area contributed by atoms with Crippen molar-refractivity contribution in [2.24, 2.45) is 5.10 Å². The third kappa shape index (κ3) is 8.51. The molecule has 0 aliphatic rings. The van der Waals surface area contributed by atoms with Gasteiger partial charge in [0.05, 0.1) is 24.0 Å². The van der Waals surface area contributed by atoms with Gasteiger partial charge in [-0.15, -0.1) is 0 Å². The minimum atomic E-state index is -0.340. The molecular formula is C26H24Cl2IN3O5. The number of benzene rings is 3. The zero-order chi connectivity index (χ0) is 26.8. The fourth-order valence-corrected chi connectivity index (χ4v) is 4.36. The van der Waals surface area contributed by atoms with Crippen LogP contribution in [0.4, 0.5) is 0 Å². The third-order valence-corrected chi connectivity index (χ3v) is 6.42. The van der Waals surface area contributed by atoms with Crippen LogP contribution in [0, 0.1) is 3.57 Å². The van der Waals surface area contributed by atoms with Gasteiger partial charge in [-0.25, -0.2) is 5.43 Å². The number of hydrogen-bond donors (Lipinski definition) is 2. The highest BCUT2D eigenvalue weighted by Crippen LogP contribution is 2.35. The van der Waals surface area contributed by atoms with Crippen LogP contribution in [0.15, 0.2) is 59.7 Å². The van der Waals surface area contributed by atoms with Crippen LogP contribution in [0.5, 0.6) is 17.2 Å². The van der Waals surface area contributed by atoms with Gasteiger partial charge in [0.1, 0.15) is 12.4 Å². The zero-order valence-corrected chi connectivity index (χ0v) is 23.7. The molecule has 0 unspecified atom stereocenters. The second kappa shape index (κ2) is 14.1. The van der Waals surface area contributed by atoms with E-state index in [9.17, 15) is 9.59 Å². The van der Waals surface area contributed by atoms with Gasteiger partial charge in [0.25, 0.3) is 5.91 Å². The van der Waals surface area contributed by atoms with Gasteiger partial charge in [-0.2, -0.15) is 5.10 Å². The molecule has 0 fully saturated rings. The highest BCUT2D eigenvalue weighted by atomic mass is 127. The molecule has 194 valence electrons. The van der Waals surface area contributed by atoms with Crippen molar-refractivity contribution in [3.63, 3.8) is 0 Å². The molecule has 0 aromatic heterocycles. The van der Waals surface area contributed by atoms with E-state index in [1.807, 2.05) is 6.07 Å². The Kier molecular flexibility index (Phi) is 10.8. The van der Waals surface area contributed by atoms with Crippen molar-refractivity contribution in [3.05, 3.63) is 84.9 Å². The van der Waals surface area contributed by atoms with Gasteiger partial charge in [0.15, 0.2) is 11.5 Å². The molecule has 8 nitrogen and oxygen atoms in total. The summed E-state index contributed by atoms with van der Waals surface area (Å²) in [6.45, 7) is 0.405. The van der Waals surface area contributed by atoms with E-state index >= 15 is 0 Å². The smallest absolute Gasteiger partial charge is 0.251 e. The normalized spacial score (nSPS) is 10.7. The van der Waals surface area contributed by atoms with Gasteiger partial charge in [0, 0.05) is 34.1 Å². The van der Waals surface area contributed by atoms with E-state index in [4.69, 9.17) is 37.4 Å². The van der Waals surface area contributed by atoms with Gasteiger partial charge < -0.3 is 19.5 Å². The summed E-state index contributed by atoms with van der Waals surface area (Å²) in [5, 5.41) is 7.76. The minimum absolute atomic E-state index is 0.0696. The number of hydrogen-bond acceptors (Lipinski definition) is 6. The summed E-state index contributed by atoms with van der Waals surface area (Å²) in [7, 11) is 3.09. The molecule has 3 aromatic carbocycles. The van der Waals surface area contributed by atoms with Crippen molar-refractivity contribution in [1.29, 1.82) is 0 Å². The number of nitrogens with one attached hydrogen (secondary N) is 2. The Morgan fingerprint density at radius 1 is 1.03 bits per heavy atom. The molecule has 3 rings (SSSR count). The van der Waals surface area contributed by atoms with Crippen LogP contribution in [0.3, 0.4) is 0 Å². The number of carbonyl (C=O) groups is 2. The van der Waals surface area contributed by atoms with Crippen molar-refractivity contribution >= 4 is 63.8 Å². The lowest BCUT2D eigenvalue weighted by Gasteiger charge is -2.14. The Morgan fingerprint density at radius 2 is 1.78 bits per heavy atom. The molecule has 0 saturated heterocycles. The van der Waals surface area contributed by atoms with E-state index in [1.54, 1.807) is 55.6 Å². The summed E-state index contributed by atoms with van der Waals surface area (Å²) in [6, 6.07) is 15.5. The van der Waals surface area contributed by atoms with Crippen molar-refractivity contribution in [2.75, 3.05) is 20.8 Å². The van der Waals surface area contributed by atoms with Gasteiger partial charge in [0.2, 0.25) is 5.91 Å². The first-order valence-electron chi connectivity index (χ1n) is 11.0. The average molecular weight is 656 g/mol. The molecule has 11 heteroatoms. The molecule has 0 aliphatic carbocycles. The third-order valence-electron chi connectivity index (χ3n) is 5.03. The Labute approximate surface area is 238 Å². The van der Waals surface area contributed by atoms with Crippen molar-refractivity contribution in [3.8, 4) is 17.2 Å². The molecule has 0 bridgehead atoms. The first-order chi connectivity index (χ1) is 17.8. The van der Waals surface area contributed by atoms with Crippen LogP contribution >= 0.6 is 45.8 Å². The van der Waals surface area contributed by atoms with E-state index in [2.05, 4.69) is 38.4 Å². The van der Waals surface area contributed by atoms with Crippen molar-refractivity contribution in [2.45, 2.75) is 13.0 Å². The summed E-state index contributed by atoms with van der Waals surface area (Å²) in [5.74, 6) is 1.11. The Bertz CT molecular complexity index is 1290. The van der Waals surface area contributed by atoms with E-state index in [0.717, 1.165) is 9.13 Å². The highest BCUT2D eigenvalue weighted by Gasteiger charge is 2.13. The predicted octanol–water partition coefficient (Wildman–Crippen LogP) is 5.46. The molecule has 0 spiro atoms. The predicted molar refractivity (Wildman–Crippen MR) is 152 cm³/mol. The maximum Gasteiger partial charge on any atom is 0.251 e.